The standard InChI is InChI=1S/C11H19BN2O3/c1-10(2,15)11(3,4)17-12(16)8-6-5-7-14-9(8)13/h5-7,15-16H,1-4H3,(H2,13,14). The Labute approximate surface area is 102 Å². The van der Waals surface area contributed by atoms with Crippen molar-refractivity contribution in [3.05, 3.63) is 18.3 Å². The number of nitrogen functional groups attached to an aromatic ring is 1. The molecule has 0 aliphatic rings. The summed E-state index contributed by atoms with van der Waals surface area (Å²) in [5.41, 5.74) is 4.01. The van der Waals surface area contributed by atoms with Gasteiger partial charge in [-0.1, -0.05) is 6.07 Å². The minimum Gasteiger partial charge on any atom is -0.423 e. The van der Waals surface area contributed by atoms with Crippen LogP contribution in [-0.2, 0) is 4.65 Å². The number of pyridine rings is 1. The molecule has 0 atom stereocenters. The maximum Gasteiger partial charge on any atom is 0.495 e. The average molecular weight is 238 g/mol. The third kappa shape index (κ3) is 3.18. The SMILES string of the molecule is CC(C)(O)C(C)(C)OB(O)c1cccnc1N. The van der Waals surface area contributed by atoms with E-state index in [0.29, 0.717) is 5.46 Å². The van der Waals surface area contributed by atoms with Crippen molar-refractivity contribution in [1.29, 1.82) is 0 Å². The Bertz CT molecular complexity index is 391. The lowest BCUT2D eigenvalue weighted by Gasteiger charge is -2.38. The molecule has 94 valence electrons. The van der Waals surface area contributed by atoms with Gasteiger partial charge in [0.15, 0.2) is 0 Å². The highest BCUT2D eigenvalue weighted by Crippen LogP contribution is 2.25. The van der Waals surface area contributed by atoms with Gasteiger partial charge in [0.25, 0.3) is 0 Å². The van der Waals surface area contributed by atoms with Crippen molar-refractivity contribution in [2.24, 2.45) is 0 Å². The van der Waals surface area contributed by atoms with Gasteiger partial charge < -0.3 is 20.5 Å². The van der Waals surface area contributed by atoms with Crippen LogP contribution in [-0.4, -0.2) is 33.4 Å². The summed E-state index contributed by atoms with van der Waals surface area (Å²) in [6, 6.07) is 3.29. The molecule has 0 spiro atoms. The first-order valence-electron chi connectivity index (χ1n) is 5.44. The van der Waals surface area contributed by atoms with Gasteiger partial charge in [-0.05, 0) is 33.8 Å². The van der Waals surface area contributed by atoms with Crippen LogP contribution in [0.15, 0.2) is 18.3 Å². The largest absolute Gasteiger partial charge is 0.495 e. The molecule has 0 radical (unpaired) electrons. The van der Waals surface area contributed by atoms with E-state index in [2.05, 4.69) is 4.98 Å². The molecule has 5 nitrogen and oxygen atoms in total. The summed E-state index contributed by atoms with van der Waals surface area (Å²) in [4.78, 5) is 3.87. The van der Waals surface area contributed by atoms with E-state index < -0.39 is 18.3 Å². The molecule has 4 N–H and O–H groups in total. The molecule has 0 aliphatic heterocycles. The zero-order valence-corrected chi connectivity index (χ0v) is 10.6. The molecule has 0 amide bonds. The monoisotopic (exact) mass is 238 g/mol. The number of hydrogen-bond acceptors (Lipinski definition) is 5. The van der Waals surface area contributed by atoms with Crippen molar-refractivity contribution in [3.8, 4) is 0 Å². The summed E-state index contributed by atoms with van der Waals surface area (Å²) in [6.07, 6.45) is 1.53. The van der Waals surface area contributed by atoms with E-state index in [1.54, 1.807) is 39.8 Å². The Morgan fingerprint density at radius 2 is 1.94 bits per heavy atom. The predicted molar refractivity (Wildman–Crippen MR) is 67.7 cm³/mol. The van der Waals surface area contributed by atoms with Crippen molar-refractivity contribution >= 4 is 18.4 Å². The zero-order chi connectivity index (χ0) is 13.3. The Balaban J connectivity index is 2.87. The summed E-state index contributed by atoms with van der Waals surface area (Å²) >= 11 is 0. The number of anilines is 1. The third-order valence-electron chi connectivity index (χ3n) is 3.02. The fraction of sp³-hybridized carbons (Fsp3) is 0.545. The lowest BCUT2D eigenvalue weighted by atomic mass is 9.76. The summed E-state index contributed by atoms with van der Waals surface area (Å²) in [7, 11) is -1.22. The molecule has 1 aromatic heterocycles. The molecular weight excluding hydrogens is 219 g/mol. The van der Waals surface area contributed by atoms with Crippen LogP contribution in [0.3, 0.4) is 0 Å². The second-order valence-electron chi connectivity index (χ2n) is 5.02. The highest BCUT2D eigenvalue weighted by Gasteiger charge is 2.40. The molecular formula is C11H19BN2O3. The van der Waals surface area contributed by atoms with Crippen LogP contribution in [0.2, 0.25) is 0 Å². The number of nitrogens with zero attached hydrogens (tertiary/aromatic N) is 1. The Morgan fingerprint density at radius 3 is 2.41 bits per heavy atom. The number of hydrogen-bond donors (Lipinski definition) is 3. The second-order valence-corrected chi connectivity index (χ2v) is 5.02. The van der Waals surface area contributed by atoms with E-state index in [1.807, 2.05) is 0 Å². The number of aliphatic hydroxyl groups is 1. The van der Waals surface area contributed by atoms with Crippen LogP contribution in [0.5, 0.6) is 0 Å². The smallest absolute Gasteiger partial charge is 0.423 e. The molecule has 0 unspecified atom stereocenters. The lowest BCUT2D eigenvalue weighted by molar-refractivity contribution is -0.0982. The summed E-state index contributed by atoms with van der Waals surface area (Å²) in [5.74, 6) is 0.214. The quantitative estimate of drug-likeness (QED) is 0.638. The van der Waals surface area contributed by atoms with E-state index in [4.69, 9.17) is 10.4 Å². The van der Waals surface area contributed by atoms with E-state index >= 15 is 0 Å². The van der Waals surface area contributed by atoms with E-state index in [9.17, 15) is 10.1 Å². The molecule has 0 aliphatic carbocycles. The number of rotatable bonds is 4. The van der Waals surface area contributed by atoms with Crippen molar-refractivity contribution in [1.82, 2.24) is 4.98 Å². The minimum atomic E-state index is -1.22. The van der Waals surface area contributed by atoms with Gasteiger partial charge >= 0.3 is 7.12 Å². The molecule has 0 saturated carbocycles. The van der Waals surface area contributed by atoms with Crippen LogP contribution in [0.4, 0.5) is 5.82 Å². The predicted octanol–water partition coefficient (Wildman–Crippen LogP) is -0.0826. The van der Waals surface area contributed by atoms with Crippen LogP contribution in [0.25, 0.3) is 0 Å². The van der Waals surface area contributed by atoms with E-state index in [1.165, 1.54) is 6.20 Å². The summed E-state index contributed by atoms with van der Waals surface area (Å²) in [5, 5.41) is 19.9. The Kier molecular flexibility index (Phi) is 3.81. The van der Waals surface area contributed by atoms with Crippen LogP contribution >= 0.6 is 0 Å². The first-order valence-corrected chi connectivity index (χ1v) is 5.44. The summed E-state index contributed by atoms with van der Waals surface area (Å²) in [6.45, 7) is 6.63. The molecule has 1 rings (SSSR count). The minimum absolute atomic E-state index is 0.214. The van der Waals surface area contributed by atoms with Crippen molar-refractivity contribution in [2.75, 3.05) is 5.73 Å². The topological polar surface area (TPSA) is 88.6 Å². The number of nitrogens with two attached hydrogens (primary N) is 1. The van der Waals surface area contributed by atoms with Gasteiger partial charge in [0.05, 0.1) is 11.2 Å². The average Bonchev–Trinajstić information content (AvgIpc) is 2.15. The van der Waals surface area contributed by atoms with Crippen molar-refractivity contribution in [2.45, 2.75) is 38.9 Å². The second kappa shape index (κ2) is 4.64. The highest BCUT2D eigenvalue weighted by atomic mass is 16.5. The molecule has 0 aromatic carbocycles. The maximum absolute atomic E-state index is 9.95. The molecule has 0 saturated heterocycles. The Hall–Kier alpha value is -1.11. The fourth-order valence-electron chi connectivity index (χ4n) is 1.13. The molecule has 0 bridgehead atoms. The fourth-order valence-corrected chi connectivity index (χ4v) is 1.13. The Morgan fingerprint density at radius 1 is 1.35 bits per heavy atom. The highest BCUT2D eigenvalue weighted by molar-refractivity contribution is 6.61. The first-order chi connectivity index (χ1) is 7.65. The van der Waals surface area contributed by atoms with Gasteiger partial charge in [-0.3, -0.25) is 0 Å². The van der Waals surface area contributed by atoms with Gasteiger partial charge in [0.1, 0.15) is 5.82 Å². The van der Waals surface area contributed by atoms with Gasteiger partial charge in [-0.2, -0.15) is 0 Å². The summed E-state index contributed by atoms with van der Waals surface area (Å²) < 4.78 is 5.45. The van der Waals surface area contributed by atoms with Crippen LogP contribution in [0.1, 0.15) is 27.7 Å². The molecule has 0 fully saturated rings. The van der Waals surface area contributed by atoms with Crippen LogP contribution < -0.4 is 11.2 Å². The van der Waals surface area contributed by atoms with Gasteiger partial charge in [-0.15, -0.1) is 0 Å². The third-order valence-corrected chi connectivity index (χ3v) is 3.02. The van der Waals surface area contributed by atoms with Gasteiger partial charge in [-0.25, -0.2) is 4.98 Å². The maximum atomic E-state index is 9.95. The van der Waals surface area contributed by atoms with Crippen molar-refractivity contribution in [3.63, 3.8) is 0 Å². The first kappa shape index (κ1) is 14.0. The molecule has 6 heteroatoms. The number of aromatic nitrogens is 1. The lowest BCUT2D eigenvalue weighted by Crippen LogP contribution is -2.53. The van der Waals surface area contributed by atoms with Crippen LogP contribution in [0, 0.1) is 0 Å². The van der Waals surface area contributed by atoms with Gasteiger partial charge in [0, 0.05) is 11.7 Å². The molecule has 1 aromatic rings. The van der Waals surface area contributed by atoms with E-state index in [0.717, 1.165) is 0 Å². The normalized spacial score (nSPS) is 12.6. The molecule has 17 heavy (non-hydrogen) atoms. The zero-order valence-electron chi connectivity index (χ0n) is 10.6. The van der Waals surface area contributed by atoms with Gasteiger partial charge in [0.2, 0.25) is 0 Å². The van der Waals surface area contributed by atoms with E-state index in [-0.39, 0.29) is 5.82 Å². The molecule has 1 heterocycles. The van der Waals surface area contributed by atoms with Crippen molar-refractivity contribution < 1.29 is 14.8 Å².